The summed E-state index contributed by atoms with van der Waals surface area (Å²) in [5, 5.41) is 0. The largest absolute Gasteiger partial charge is 0.258 e. The van der Waals surface area contributed by atoms with E-state index in [-0.39, 0.29) is 0 Å². The summed E-state index contributed by atoms with van der Waals surface area (Å²) in [6, 6.07) is 0. The Morgan fingerprint density at radius 2 is 1.88 bits per heavy atom. The van der Waals surface area contributed by atoms with Crippen LogP contribution in [0.3, 0.4) is 0 Å². The second-order valence-corrected chi connectivity index (χ2v) is 2.02. The molecule has 1 aliphatic carbocycles. The lowest BCUT2D eigenvalue weighted by atomic mass is 10.3. The molecule has 8 heavy (non-hydrogen) atoms. The van der Waals surface area contributed by atoms with E-state index in [2.05, 4.69) is 18.6 Å². The van der Waals surface area contributed by atoms with Gasteiger partial charge in [-0.1, -0.05) is 26.2 Å². The van der Waals surface area contributed by atoms with Crippen LogP contribution in [0.2, 0.25) is 0 Å². The Morgan fingerprint density at radius 3 is 1.88 bits per heavy atom. The number of nitrogens with one attached hydrogen (secondary N) is 1. The van der Waals surface area contributed by atoms with Gasteiger partial charge in [-0.05, 0) is 5.92 Å². The number of nitrogens with two attached hydrogens (primary N) is 2. The number of hydrogen-bond acceptors (Lipinski definition) is 3. The highest BCUT2D eigenvalue weighted by molar-refractivity contribution is 4.69. The topological polar surface area (TPSA) is 64.1 Å². The van der Waals surface area contributed by atoms with Crippen molar-refractivity contribution in [3.05, 3.63) is 0 Å². The fourth-order valence-electron chi connectivity index (χ4n) is 0.526. The van der Waals surface area contributed by atoms with E-state index >= 15 is 0 Å². The number of hydrazine groups is 2. The molecule has 1 aliphatic rings. The fraction of sp³-hybridized carbons (Fsp3) is 1.00. The molecule has 0 unspecified atom stereocenters. The number of rotatable bonds is 1. The minimum atomic E-state index is 1.13. The van der Waals surface area contributed by atoms with E-state index in [4.69, 9.17) is 0 Å². The van der Waals surface area contributed by atoms with Crippen molar-refractivity contribution in [2.24, 2.45) is 17.6 Å². The zero-order valence-electron chi connectivity index (χ0n) is 5.35. The monoisotopic (exact) mass is 117 g/mol. The summed E-state index contributed by atoms with van der Waals surface area (Å²) in [7, 11) is 0. The van der Waals surface area contributed by atoms with Crippen LogP contribution in [0.4, 0.5) is 0 Å². The lowest BCUT2D eigenvalue weighted by Gasteiger charge is -1.72. The minimum absolute atomic E-state index is 1.13. The molecule has 1 fully saturated rings. The van der Waals surface area contributed by atoms with E-state index in [1.807, 2.05) is 0 Å². The van der Waals surface area contributed by atoms with Gasteiger partial charge in [0.05, 0.1) is 0 Å². The van der Waals surface area contributed by atoms with Crippen molar-refractivity contribution in [2.45, 2.75) is 26.2 Å². The molecule has 0 aromatic heterocycles. The van der Waals surface area contributed by atoms with Gasteiger partial charge in [-0.2, -0.15) is 5.53 Å². The van der Waals surface area contributed by atoms with Crippen LogP contribution in [0.1, 0.15) is 26.2 Å². The van der Waals surface area contributed by atoms with Crippen LogP contribution in [0.5, 0.6) is 0 Å². The van der Waals surface area contributed by atoms with Crippen molar-refractivity contribution in [2.75, 3.05) is 0 Å². The van der Waals surface area contributed by atoms with Crippen LogP contribution in [0, 0.1) is 5.92 Å². The van der Waals surface area contributed by atoms with Crippen LogP contribution in [0.25, 0.3) is 0 Å². The van der Waals surface area contributed by atoms with Gasteiger partial charge < -0.3 is 0 Å². The Hall–Kier alpha value is -0.120. The zero-order valence-corrected chi connectivity index (χ0v) is 5.35. The first-order valence-electron chi connectivity index (χ1n) is 3.01. The van der Waals surface area contributed by atoms with E-state index in [0.29, 0.717) is 0 Å². The summed E-state index contributed by atoms with van der Waals surface area (Å²) in [4.78, 5) is 0. The summed E-state index contributed by atoms with van der Waals surface area (Å²) < 4.78 is 0. The molecule has 0 heterocycles. The van der Waals surface area contributed by atoms with Gasteiger partial charge in [-0.3, -0.25) is 11.7 Å². The highest BCUT2D eigenvalue weighted by Gasteiger charge is 2.17. The zero-order chi connectivity index (χ0) is 6.41. The lowest BCUT2D eigenvalue weighted by molar-refractivity contribution is 0.799. The van der Waals surface area contributed by atoms with Gasteiger partial charge in [-0.25, -0.2) is 0 Å². The molecule has 0 saturated heterocycles. The van der Waals surface area contributed by atoms with E-state index in [1.54, 1.807) is 5.53 Å². The maximum absolute atomic E-state index is 4.38. The Balaban J connectivity index is 0.000000145. The normalized spacial score (nSPS) is 16.9. The van der Waals surface area contributed by atoms with Crippen molar-refractivity contribution in [1.29, 1.82) is 0 Å². The minimum Gasteiger partial charge on any atom is -0.258 e. The van der Waals surface area contributed by atoms with E-state index in [1.165, 1.54) is 19.3 Å². The molecule has 1 rings (SSSR count). The molecular formula is C5H15N3. The molecular weight excluding hydrogens is 102 g/mol. The molecule has 0 radical (unpaired) electrons. The Morgan fingerprint density at radius 1 is 1.50 bits per heavy atom. The highest BCUT2D eigenvalue weighted by Crippen LogP contribution is 2.31. The molecule has 0 spiro atoms. The second-order valence-electron chi connectivity index (χ2n) is 2.02. The van der Waals surface area contributed by atoms with Gasteiger partial charge in [-0.15, -0.1) is 0 Å². The van der Waals surface area contributed by atoms with Crippen LogP contribution >= 0.6 is 0 Å². The molecule has 1 saturated carbocycles. The third-order valence-corrected chi connectivity index (χ3v) is 1.27. The SMILES string of the molecule is CCC1CC1.NNN. The van der Waals surface area contributed by atoms with Gasteiger partial charge in [0.1, 0.15) is 0 Å². The maximum Gasteiger partial charge on any atom is -0.0417 e. The average molecular weight is 117 g/mol. The van der Waals surface area contributed by atoms with Crippen molar-refractivity contribution in [3.8, 4) is 0 Å². The molecule has 0 atom stereocenters. The van der Waals surface area contributed by atoms with Crippen LogP contribution in [-0.2, 0) is 0 Å². The Kier molecular flexibility index (Phi) is 4.95. The number of hydrogen-bond donors (Lipinski definition) is 3. The standard InChI is InChI=1S/C5H10.H5N3/c1-2-5-3-4-5;1-3-2/h5H,2-4H2,1H3;3H,1-2H2. The van der Waals surface area contributed by atoms with Gasteiger partial charge >= 0.3 is 0 Å². The van der Waals surface area contributed by atoms with Gasteiger partial charge in [0.25, 0.3) is 0 Å². The first-order valence-corrected chi connectivity index (χ1v) is 3.01. The predicted octanol–water partition coefficient (Wildman–Crippen LogP) is 0.130. The maximum atomic E-state index is 4.38. The molecule has 50 valence electrons. The summed E-state index contributed by atoms with van der Waals surface area (Å²) in [5.41, 5.74) is 1.75. The summed E-state index contributed by atoms with van der Waals surface area (Å²) in [6.45, 7) is 2.26. The van der Waals surface area contributed by atoms with Gasteiger partial charge in [0, 0.05) is 0 Å². The lowest BCUT2D eigenvalue weighted by Crippen LogP contribution is -2.29. The first-order chi connectivity index (χ1) is 3.85. The Labute approximate surface area is 50.4 Å². The molecule has 0 amide bonds. The van der Waals surface area contributed by atoms with Crippen LogP contribution < -0.4 is 17.2 Å². The van der Waals surface area contributed by atoms with Gasteiger partial charge in [0.2, 0.25) is 0 Å². The molecule has 0 aliphatic heterocycles. The average Bonchev–Trinajstić information content (AvgIpc) is 2.48. The summed E-state index contributed by atoms with van der Waals surface area (Å²) in [5.74, 6) is 9.88. The molecule has 3 nitrogen and oxygen atoms in total. The van der Waals surface area contributed by atoms with Crippen molar-refractivity contribution in [3.63, 3.8) is 0 Å². The quantitative estimate of drug-likeness (QED) is 0.338. The predicted molar refractivity (Wildman–Crippen MR) is 34.5 cm³/mol. The molecule has 5 N–H and O–H groups in total. The third kappa shape index (κ3) is 5.88. The first kappa shape index (κ1) is 7.88. The molecule has 0 aromatic carbocycles. The van der Waals surface area contributed by atoms with Crippen molar-refractivity contribution >= 4 is 0 Å². The van der Waals surface area contributed by atoms with E-state index < -0.39 is 0 Å². The molecule has 3 heteroatoms. The third-order valence-electron chi connectivity index (χ3n) is 1.27. The van der Waals surface area contributed by atoms with Crippen LogP contribution in [0.15, 0.2) is 0 Å². The second kappa shape index (κ2) is 5.03. The van der Waals surface area contributed by atoms with Gasteiger partial charge in [0.15, 0.2) is 0 Å². The smallest absolute Gasteiger partial charge is 0.0417 e. The molecule has 0 bridgehead atoms. The highest BCUT2D eigenvalue weighted by atomic mass is 15.4. The van der Waals surface area contributed by atoms with Crippen molar-refractivity contribution < 1.29 is 0 Å². The Bertz CT molecular complexity index is 42.9. The summed E-state index contributed by atoms with van der Waals surface area (Å²) in [6.07, 6.45) is 4.44. The van der Waals surface area contributed by atoms with E-state index in [9.17, 15) is 0 Å². The van der Waals surface area contributed by atoms with Crippen LogP contribution in [-0.4, -0.2) is 0 Å². The van der Waals surface area contributed by atoms with E-state index in [0.717, 1.165) is 5.92 Å². The molecule has 0 aromatic rings. The van der Waals surface area contributed by atoms with Crippen molar-refractivity contribution in [1.82, 2.24) is 5.53 Å². The fourth-order valence-corrected chi connectivity index (χ4v) is 0.526. The summed E-state index contributed by atoms with van der Waals surface area (Å²) >= 11 is 0.